The molecule has 1 aliphatic rings. The van der Waals surface area contributed by atoms with Crippen molar-refractivity contribution in [2.45, 2.75) is 25.0 Å². The molecule has 0 saturated carbocycles. The van der Waals surface area contributed by atoms with Crippen molar-refractivity contribution in [3.63, 3.8) is 0 Å². The van der Waals surface area contributed by atoms with E-state index in [1.807, 2.05) is 4.90 Å². The molecule has 0 amide bonds. The van der Waals surface area contributed by atoms with Crippen molar-refractivity contribution < 1.29 is 9.50 Å². The maximum Gasteiger partial charge on any atom is 0.117 e. The van der Waals surface area contributed by atoms with Gasteiger partial charge in [0, 0.05) is 19.1 Å². The fourth-order valence-corrected chi connectivity index (χ4v) is 1.60. The standard InChI is InChI=1S/C8H17FN2O/c9-4-8(12)6-11-3-1-2-7(10)5-11/h7-8,12H,1-6,10H2. The zero-order valence-electron chi connectivity index (χ0n) is 7.25. The summed E-state index contributed by atoms with van der Waals surface area (Å²) in [7, 11) is 0. The van der Waals surface area contributed by atoms with Crippen LogP contribution in [0.2, 0.25) is 0 Å². The molecule has 1 rings (SSSR count). The van der Waals surface area contributed by atoms with E-state index in [-0.39, 0.29) is 6.04 Å². The van der Waals surface area contributed by atoms with Crippen molar-refractivity contribution in [3.05, 3.63) is 0 Å². The molecule has 2 atom stereocenters. The summed E-state index contributed by atoms with van der Waals surface area (Å²) in [6.45, 7) is 1.48. The van der Waals surface area contributed by atoms with Gasteiger partial charge in [-0.1, -0.05) is 0 Å². The van der Waals surface area contributed by atoms with Crippen molar-refractivity contribution in [2.75, 3.05) is 26.3 Å². The third kappa shape index (κ3) is 3.05. The van der Waals surface area contributed by atoms with Crippen LogP contribution >= 0.6 is 0 Å². The molecule has 2 unspecified atom stereocenters. The van der Waals surface area contributed by atoms with Gasteiger partial charge in [0.25, 0.3) is 0 Å². The first-order valence-electron chi connectivity index (χ1n) is 4.44. The van der Waals surface area contributed by atoms with Gasteiger partial charge in [0.2, 0.25) is 0 Å². The van der Waals surface area contributed by atoms with E-state index < -0.39 is 12.8 Å². The second kappa shape index (κ2) is 4.74. The first kappa shape index (κ1) is 9.89. The highest BCUT2D eigenvalue weighted by atomic mass is 19.1. The lowest BCUT2D eigenvalue weighted by Gasteiger charge is -2.31. The van der Waals surface area contributed by atoms with E-state index in [9.17, 15) is 4.39 Å². The van der Waals surface area contributed by atoms with E-state index in [2.05, 4.69) is 0 Å². The van der Waals surface area contributed by atoms with Gasteiger partial charge in [0.15, 0.2) is 0 Å². The summed E-state index contributed by atoms with van der Waals surface area (Å²) in [5.74, 6) is 0. The van der Waals surface area contributed by atoms with E-state index in [1.54, 1.807) is 0 Å². The van der Waals surface area contributed by atoms with Crippen LogP contribution in [0.5, 0.6) is 0 Å². The summed E-state index contributed by atoms with van der Waals surface area (Å²) in [6.07, 6.45) is 1.26. The van der Waals surface area contributed by atoms with E-state index >= 15 is 0 Å². The highest BCUT2D eigenvalue weighted by Crippen LogP contribution is 2.08. The Hall–Kier alpha value is -0.190. The molecule has 1 heterocycles. The Bertz CT molecular complexity index is 134. The van der Waals surface area contributed by atoms with E-state index in [0.717, 1.165) is 25.9 Å². The van der Waals surface area contributed by atoms with Gasteiger partial charge in [-0.3, -0.25) is 4.90 Å². The average Bonchev–Trinajstić information content (AvgIpc) is 2.04. The van der Waals surface area contributed by atoms with Crippen molar-refractivity contribution in [2.24, 2.45) is 5.73 Å². The highest BCUT2D eigenvalue weighted by molar-refractivity contribution is 4.76. The minimum atomic E-state index is -0.838. The smallest absolute Gasteiger partial charge is 0.117 e. The van der Waals surface area contributed by atoms with Crippen LogP contribution in [0.25, 0.3) is 0 Å². The van der Waals surface area contributed by atoms with Crippen molar-refractivity contribution >= 4 is 0 Å². The maximum atomic E-state index is 11.9. The normalized spacial score (nSPS) is 28.8. The molecule has 0 aromatic heterocycles. The van der Waals surface area contributed by atoms with E-state index in [4.69, 9.17) is 10.8 Å². The SMILES string of the molecule is NC1CCCN(CC(O)CF)C1. The predicted molar refractivity (Wildman–Crippen MR) is 45.6 cm³/mol. The molecular formula is C8H17FN2O. The van der Waals surface area contributed by atoms with Crippen molar-refractivity contribution in [1.29, 1.82) is 0 Å². The monoisotopic (exact) mass is 176 g/mol. The van der Waals surface area contributed by atoms with Crippen molar-refractivity contribution in [1.82, 2.24) is 4.90 Å². The number of piperidine rings is 1. The number of nitrogens with two attached hydrogens (primary N) is 1. The molecule has 3 nitrogen and oxygen atoms in total. The van der Waals surface area contributed by atoms with Gasteiger partial charge in [-0.2, -0.15) is 0 Å². The number of likely N-dealkylation sites (tertiary alicyclic amines) is 1. The summed E-state index contributed by atoms with van der Waals surface area (Å²) >= 11 is 0. The summed E-state index contributed by atoms with van der Waals surface area (Å²) < 4.78 is 11.9. The average molecular weight is 176 g/mol. The van der Waals surface area contributed by atoms with Crippen LogP contribution in [0.1, 0.15) is 12.8 Å². The molecule has 0 spiro atoms. The first-order chi connectivity index (χ1) is 5.72. The van der Waals surface area contributed by atoms with Crippen LogP contribution in [0, 0.1) is 0 Å². The lowest BCUT2D eigenvalue weighted by Crippen LogP contribution is -2.45. The molecule has 0 aliphatic carbocycles. The number of hydrogen-bond acceptors (Lipinski definition) is 3. The second-order valence-corrected chi connectivity index (χ2v) is 3.47. The summed E-state index contributed by atoms with van der Waals surface area (Å²) in [4.78, 5) is 2.03. The Kier molecular flexibility index (Phi) is 3.91. The zero-order valence-corrected chi connectivity index (χ0v) is 7.25. The molecule has 0 aromatic carbocycles. The van der Waals surface area contributed by atoms with Crippen LogP contribution in [0.4, 0.5) is 4.39 Å². The second-order valence-electron chi connectivity index (χ2n) is 3.47. The van der Waals surface area contributed by atoms with Gasteiger partial charge in [-0.15, -0.1) is 0 Å². The van der Waals surface area contributed by atoms with Crippen LogP contribution in [-0.2, 0) is 0 Å². The van der Waals surface area contributed by atoms with Crippen LogP contribution < -0.4 is 5.73 Å². The van der Waals surface area contributed by atoms with Gasteiger partial charge in [0.05, 0.1) is 6.10 Å². The molecule has 4 heteroatoms. The number of β-amino-alcohol motifs (C(OH)–C–C–N with tert-alkyl or cyclic N) is 1. The molecule has 1 saturated heterocycles. The molecular weight excluding hydrogens is 159 g/mol. The van der Waals surface area contributed by atoms with Gasteiger partial charge >= 0.3 is 0 Å². The molecule has 3 N–H and O–H groups in total. The number of halogens is 1. The Balaban J connectivity index is 2.22. The molecule has 12 heavy (non-hydrogen) atoms. The molecule has 1 aliphatic heterocycles. The van der Waals surface area contributed by atoms with Crippen LogP contribution in [0.15, 0.2) is 0 Å². The topological polar surface area (TPSA) is 49.5 Å². The number of aliphatic hydroxyl groups is 1. The summed E-state index contributed by atoms with van der Waals surface area (Å²) in [5.41, 5.74) is 5.73. The maximum absolute atomic E-state index is 11.9. The Morgan fingerprint density at radius 2 is 2.42 bits per heavy atom. The number of nitrogens with zero attached hydrogens (tertiary/aromatic N) is 1. The predicted octanol–water partition coefficient (Wildman–Crippen LogP) is -0.260. The summed E-state index contributed by atoms with van der Waals surface area (Å²) in [5, 5.41) is 9.04. The number of hydrogen-bond donors (Lipinski definition) is 2. The minimum Gasteiger partial charge on any atom is -0.389 e. The third-order valence-electron chi connectivity index (χ3n) is 2.19. The van der Waals surface area contributed by atoms with Gasteiger partial charge in [-0.25, -0.2) is 4.39 Å². The Morgan fingerprint density at radius 3 is 3.00 bits per heavy atom. The Morgan fingerprint density at radius 1 is 1.67 bits per heavy atom. The first-order valence-corrected chi connectivity index (χ1v) is 4.44. The molecule has 0 radical (unpaired) electrons. The zero-order chi connectivity index (χ0) is 8.97. The molecule has 0 bridgehead atoms. The summed E-state index contributed by atoms with van der Waals surface area (Å²) in [6, 6.07) is 0.200. The van der Waals surface area contributed by atoms with Gasteiger partial charge < -0.3 is 10.8 Å². The quantitative estimate of drug-likeness (QED) is 0.623. The minimum absolute atomic E-state index is 0.200. The van der Waals surface area contributed by atoms with Crippen LogP contribution in [-0.4, -0.2) is 48.5 Å². The molecule has 0 aromatic rings. The molecule has 72 valence electrons. The highest BCUT2D eigenvalue weighted by Gasteiger charge is 2.18. The van der Waals surface area contributed by atoms with Crippen molar-refractivity contribution in [3.8, 4) is 0 Å². The van der Waals surface area contributed by atoms with Gasteiger partial charge in [0.1, 0.15) is 6.67 Å². The van der Waals surface area contributed by atoms with Gasteiger partial charge in [-0.05, 0) is 19.4 Å². The fraction of sp³-hybridized carbons (Fsp3) is 1.00. The molecule has 1 fully saturated rings. The number of rotatable bonds is 3. The Labute approximate surface area is 72.3 Å². The largest absolute Gasteiger partial charge is 0.389 e. The lowest BCUT2D eigenvalue weighted by molar-refractivity contribution is 0.0772. The lowest BCUT2D eigenvalue weighted by atomic mass is 10.1. The van der Waals surface area contributed by atoms with E-state index in [1.165, 1.54) is 0 Å². The fourth-order valence-electron chi connectivity index (χ4n) is 1.60. The van der Waals surface area contributed by atoms with Crippen LogP contribution in [0.3, 0.4) is 0 Å². The third-order valence-corrected chi connectivity index (χ3v) is 2.19. The number of alkyl halides is 1. The number of aliphatic hydroxyl groups excluding tert-OH is 1. The van der Waals surface area contributed by atoms with E-state index in [0.29, 0.717) is 6.54 Å².